The van der Waals surface area contributed by atoms with Crippen LogP contribution in [0.5, 0.6) is 5.75 Å². The molecule has 1 saturated heterocycles. The van der Waals surface area contributed by atoms with Gasteiger partial charge in [-0.1, -0.05) is 6.07 Å². The highest BCUT2D eigenvalue weighted by molar-refractivity contribution is 5.32. The highest BCUT2D eigenvalue weighted by Crippen LogP contribution is 2.16. The number of hydrogen-bond donors (Lipinski definition) is 2. The Morgan fingerprint density at radius 3 is 2.55 bits per heavy atom. The molecule has 1 aliphatic rings. The van der Waals surface area contributed by atoms with Crippen LogP contribution < -0.4 is 10.2 Å². The Morgan fingerprint density at radius 1 is 1.25 bits per heavy atom. The molecule has 1 fully saturated rings. The number of hydrazine groups is 1. The van der Waals surface area contributed by atoms with Crippen LogP contribution in [0.4, 0.5) is 0 Å². The monoisotopic (exact) mass is 280 g/mol. The van der Waals surface area contributed by atoms with Crippen LogP contribution in [0.3, 0.4) is 0 Å². The molecular weight excluding hydrogens is 256 g/mol. The summed E-state index contributed by atoms with van der Waals surface area (Å²) in [5.41, 5.74) is 5.54. The van der Waals surface area contributed by atoms with Crippen LogP contribution in [0.15, 0.2) is 18.2 Å². The lowest BCUT2D eigenvalue weighted by Crippen LogP contribution is -2.48. The normalized spacial score (nSPS) is 17.9. The van der Waals surface area contributed by atoms with Crippen LogP contribution in [0.1, 0.15) is 11.1 Å². The molecule has 2 N–H and O–H groups in total. The highest BCUT2D eigenvalue weighted by atomic mass is 16.5. The molecule has 0 saturated carbocycles. The summed E-state index contributed by atoms with van der Waals surface area (Å²) in [6, 6.07) is 6.06. The third-order valence-electron chi connectivity index (χ3n) is 3.20. The van der Waals surface area contributed by atoms with Gasteiger partial charge < -0.3 is 14.6 Å². The van der Waals surface area contributed by atoms with Crippen LogP contribution >= 0.6 is 0 Å². The van der Waals surface area contributed by atoms with Crippen LogP contribution in [-0.2, 0) is 4.74 Å². The van der Waals surface area contributed by atoms with Crippen molar-refractivity contribution in [3.05, 3.63) is 29.3 Å². The Labute approximate surface area is 120 Å². The van der Waals surface area contributed by atoms with E-state index in [9.17, 15) is 5.11 Å². The predicted molar refractivity (Wildman–Crippen MR) is 77.8 cm³/mol. The lowest BCUT2D eigenvalue weighted by molar-refractivity contribution is -0.000793. The number of aliphatic hydroxyl groups excluding tert-OH is 1. The molecule has 0 spiro atoms. The van der Waals surface area contributed by atoms with E-state index in [0.29, 0.717) is 13.2 Å². The highest BCUT2D eigenvalue weighted by Gasteiger charge is 2.12. The fourth-order valence-electron chi connectivity index (χ4n) is 2.22. The van der Waals surface area contributed by atoms with Gasteiger partial charge >= 0.3 is 0 Å². The largest absolute Gasteiger partial charge is 0.491 e. The Morgan fingerprint density at radius 2 is 1.90 bits per heavy atom. The van der Waals surface area contributed by atoms with Gasteiger partial charge in [0, 0.05) is 19.6 Å². The molecule has 1 unspecified atom stereocenters. The molecule has 20 heavy (non-hydrogen) atoms. The molecule has 0 aromatic heterocycles. The van der Waals surface area contributed by atoms with Gasteiger partial charge in [-0.3, -0.25) is 5.43 Å². The number of aliphatic hydroxyl groups is 1. The molecule has 0 bridgehead atoms. The van der Waals surface area contributed by atoms with Crippen LogP contribution in [0, 0.1) is 13.8 Å². The zero-order chi connectivity index (χ0) is 14.4. The summed E-state index contributed by atoms with van der Waals surface area (Å²) in [6.45, 7) is 8.04. The van der Waals surface area contributed by atoms with Gasteiger partial charge in [0.2, 0.25) is 0 Å². The van der Waals surface area contributed by atoms with E-state index in [4.69, 9.17) is 9.47 Å². The smallest absolute Gasteiger partial charge is 0.119 e. The molecule has 0 amide bonds. The molecule has 1 atom stereocenters. The molecule has 1 heterocycles. The molecule has 5 nitrogen and oxygen atoms in total. The Bertz CT molecular complexity index is 399. The van der Waals surface area contributed by atoms with E-state index >= 15 is 0 Å². The van der Waals surface area contributed by atoms with E-state index in [1.165, 1.54) is 11.1 Å². The van der Waals surface area contributed by atoms with Crippen molar-refractivity contribution in [1.82, 2.24) is 10.4 Å². The molecule has 1 aromatic carbocycles. The minimum Gasteiger partial charge on any atom is -0.491 e. The van der Waals surface area contributed by atoms with Gasteiger partial charge in [-0.05, 0) is 37.1 Å². The first-order valence-corrected chi connectivity index (χ1v) is 7.09. The minimum atomic E-state index is -0.529. The zero-order valence-corrected chi connectivity index (χ0v) is 12.3. The maximum Gasteiger partial charge on any atom is 0.119 e. The van der Waals surface area contributed by atoms with Gasteiger partial charge in [-0.15, -0.1) is 0 Å². The summed E-state index contributed by atoms with van der Waals surface area (Å²) in [7, 11) is 0. The van der Waals surface area contributed by atoms with Crippen LogP contribution in [-0.4, -0.2) is 55.7 Å². The summed E-state index contributed by atoms with van der Waals surface area (Å²) in [4.78, 5) is 0. The van der Waals surface area contributed by atoms with Gasteiger partial charge in [0.1, 0.15) is 18.5 Å². The van der Waals surface area contributed by atoms with Crippen molar-refractivity contribution in [2.45, 2.75) is 20.0 Å². The lowest BCUT2D eigenvalue weighted by Gasteiger charge is -2.28. The first kappa shape index (κ1) is 15.3. The van der Waals surface area contributed by atoms with E-state index in [-0.39, 0.29) is 0 Å². The first-order chi connectivity index (χ1) is 9.63. The van der Waals surface area contributed by atoms with Crippen molar-refractivity contribution in [2.75, 3.05) is 39.5 Å². The SMILES string of the molecule is Cc1cc(C)cc(OCC(O)CNN2CCOCC2)c1. The van der Waals surface area contributed by atoms with Gasteiger partial charge in [0.05, 0.1) is 13.2 Å². The predicted octanol–water partition coefficient (Wildman–Crippen LogP) is 0.880. The molecule has 0 aliphatic carbocycles. The third-order valence-corrected chi connectivity index (χ3v) is 3.20. The zero-order valence-electron chi connectivity index (χ0n) is 12.3. The van der Waals surface area contributed by atoms with Crippen molar-refractivity contribution in [3.8, 4) is 5.75 Å². The molecule has 1 aromatic rings. The number of rotatable bonds is 6. The molecule has 2 rings (SSSR count). The summed E-state index contributed by atoms with van der Waals surface area (Å²) >= 11 is 0. The fourth-order valence-corrected chi connectivity index (χ4v) is 2.22. The molecule has 0 radical (unpaired) electrons. The van der Waals surface area contributed by atoms with Crippen molar-refractivity contribution < 1.29 is 14.6 Å². The van der Waals surface area contributed by atoms with E-state index in [1.807, 2.05) is 26.0 Å². The number of benzene rings is 1. The van der Waals surface area contributed by atoms with E-state index in [0.717, 1.165) is 32.1 Å². The number of nitrogens with zero attached hydrogens (tertiary/aromatic N) is 1. The van der Waals surface area contributed by atoms with Crippen LogP contribution in [0.2, 0.25) is 0 Å². The van der Waals surface area contributed by atoms with Crippen molar-refractivity contribution in [2.24, 2.45) is 0 Å². The van der Waals surface area contributed by atoms with Crippen molar-refractivity contribution in [3.63, 3.8) is 0 Å². The average Bonchev–Trinajstić information content (AvgIpc) is 2.43. The first-order valence-electron chi connectivity index (χ1n) is 7.09. The molecule has 5 heteroatoms. The number of nitrogens with one attached hydrogen (secondary N) is 1. The molecular formula is C15H24N2O3. The third kappa shape index (κ3) is 5.09. The summed E-state index contributed by atoms with van der Waals surface area (Å²) in [6.07, 6.45) is -0.529. The second-order valence-corrected chi connectivity index (χ2v) is 5.25. The Kier molecular flexibility index (Phi) is 5.79. The van der Waals surface area contributed by atoms with Gasteiger partial charge in [-0.2, -0.15) is 0 Å². The number of morpholine rings is 1. The summed E-state index contributed by atoms with van der Waals surface area (Å²) in [5, 5.41) is 12.0. The Hall–Kier alpha value is -1.14. The quantitative estimate of drug-likeness (QED) is 0.810. The van der Waals surface area contributed by atoms with Crippen LogP contribution in [0.25, 0.3) is 0 Å². The Balaban J connectivity index is 1.70. The minimum absolute atomic E-state index is 0.292. The second kappa shape index (κ2) is 7.59. The van der Waals surface area contributed by atoms with Crippen molar-refractivity contribution in [1.29, 1.82) is 0 Å². The standard InChI is InChI=1S/C15H24N2O3/c1-12-7-13(2)9-15(8-12)20-11-14(18)10-16-17-3-5-19-6-4-17/h7-9,14,16,18H,3-6,10-11H2,1-2H3. The summed E-state index contributed by atoms with van der Waals surface area (Å²) in [5.74, 6) is 0.813. The number of aryl methyl sites for hydroxylation is 2. The number of ether oxygens (including phenoxy) is 2. The van der Waals surface area contributed by atoms with E-state index in [1.54, 1.807) is 0 Å². The lowest BCUT2D eigenvalue weighted by atomic mass is 10.1. The maximum atomic E-state index is 9.93. The van der Waals surface area contributed by atoms with Gasteiger partial charge in [0.25, 0.3) is 0 Å². The topological polar surface area (TPSA) is 54.0 Å². The van der Waals surface area contributed by atoms with E-state index < -0.39 is 6.10 Å². The average molecular weight is 280 g/mol. The van der Waals surface area contributed by atoms with Crippen molar-refractivity contribution >= 4 is 0 Å². The number of hydrogen-bond acceptors (Lipinski definition) is 5. The van der Waals surface area contributed by atoms with E-state index in [2.05, 4.69) is 16.5 Å². The second-order valence-electron chi connectivity index (χ2n) is 5.25. The van der Waals surface area contributed by atoms with Gasteiger partial charge in [-0.25, -0.2) is 5.01 Å². The molecule has 1 aliphatic heterocycles. The fraction of sp³-hybridized carbons (Fsp3) is 0.600. The maximum absolute atomic E-state index is 9.93. The summed E-state index contributed by atoms with van der Waals surface area (Å²) < 4.78 is 10.9. The molecule has 112 valence electrons. The van der Waals surface area contributed by atoms with Gasteiger partial charge in [0.15, 0.2) is 0 Å².